The number of aromatic nitrogens is 6. The minimum atomic E-state index is -5.37. The molecule has 0 aliphatic heterocycles. The standard InChI is InChI=1S/C30H16BF9N9O6.Na.H2O/c32-28(33,34)25-14-23(17-3-9-20(10-4-17)48(52)53)44(42-25)31(45-24(15-26(43-45)29(35,36)37)18-5-11-21(12-6-18)49(54)55)46-27(30(38,39)40)13-22(41-46)16-1-7-19(8-2-16)47(50)51;;/h1-15,31H;;1H2/q-1;+1;/p+3. The quantitative estimate of drug-likeness (QED) is 0.0920. The third-order valence-electron chi connectivity index (χ3n) is 8.37. The number of halogens is 9. The number of benzene rings is 3. The number of hydrogen-bond acceptors (Lipinski definition) is 6. The first-order valence-corrected chi connectivity index (χ1v) is 15.2. The van der Waals surface area contributed by atoms with Gasteiger partial charge in [0, 0.05) is 60.2 Å². The summed E-state index contributed by atoms with van der Waals surface area (Å²) in [7, 11) is -3.80. The van der Waals surface area contributed by atoms with Crippen LogP contribution in [0.3, 0.4) is 0 Å². The molecule has 0 aliphatic carbocycles. The second-order valence-corrected chi connectivity index (χ2v) is 11.8. The van der Waals surface area contributed by atoms with Crippen LogP contribution in [0, 0.1) is 30.3 Å². The zero-order valence-corrected chi connectivity index (χ0v) is 30.4. The van der Waals surface area contributed by atoms with E-state index in [9.17, 15) is 69.9 Å². The van der Waals surface area contributed by atoms with Crippen molar-refractivity contribution in [3.63, 3.8) is 0 Å². The number of nitrogens with one attached hydrogen (secondary N) is 3. The van der Waals surface area contributed by atoms with Crippen LogP contribution in [0.5, 0.6) is 0 Å². The van der Waals surface area contributed by atoms with Crippen LogP contribution < -0.4 is 44.9 Å². The largest absolute Gasteiger partial charge is 1.00 e. The second kappa shape index (κ2) is 15.8. The van der Waals surface area contributed by atoms with Crippen molar-refractivity contribution in [2.24, 2.45) is 0 Å². The van der Waals surface area contributed by atoms with Crippen molar-refractivity contribution in [1.29, 1.82) is 0 Å². The summed E-state index contributed by atoms with van der Waals surface area (Å²) in [6, 6.07) is 12.8. The number of H-pyrrole nitrogens is 3. The molecular weight excluding hydrogens is 803 g/mol. The topological polar surface area (TPSA) is 218 Å². The molecule has 0 bridgehead atoms. The van der Waals surface area contributed by atoms with E-state index in [1.165, 1.54) is 0 Å². The molecule has 5 N–H and O–H groups in total. The van der Waals surface area contributed by atoms with E-state index in [0.29, 0.717) is 27.4 Å². The summed E-state index contributed by atoms with van der Waals surface area (Å²) in [5.74, 6) is 0. The van der Waals surface area contributed by atoms with Gasteiger partial charge in [0.15, 0.2) is 0 Å². The van der Waals surface area contributed by atoms with Gasteiger partial charge < -0.3 is 5.48 Å². The second-order valence-electron chi connectivity index (χ2n) is 11.8. The number of rotatable bonds is 9. The van der Waals surface area contributed by atoms with E-state index in [1.54, 1.807) is 0 Å². The van der Waals surface area contributed by atoms with E-state index in [0.717, 1.165) is 72.8 Å². The van der Waals surface area contributed by atoms with E-state index in [1.807, 2.05) is 10.2 Å². The maximum atomic E-state index is 15.0. The summed E-state index contributed by atoms with van der Waals surface area (Å²) in [6.45, 7) is 0. The number of hydrogen-bond donors (Lipinski definition) is 0. The Balaban J connectivity index is 0.00000360. The first kappa shape index (κ1) is 43.6. The van der Waals surface area contributed by atoms with Gasteiger partial charge in [-0.15, -0.1) is 0 Å². The number of nitrogens with zero attached hydrogens (tertiary/aromatic N) is 6. The van der Waals surface area contributed by atoms with Crippen LogP contribution in [-0.2, 0) is 18.5 Å². The summed E-state index contributed by atoms with van der Waals surface area (Å²) in [6.07, 6.45) is -15.8. The Morgan fingerprint density at radius 1 is 0.491 bits per heavy atom. The van der Waals surface area contributed by atoms with Crippen molar-refractivity contribution < 1.29 is 105 Å². The molecule has 3 aromatic carbocycles. The summed E-state index contributed by atoms with van der Waals surface area (Å²) in [4.78, 5) is 31.4. The van der Waals surface area contributed by atoms with Crippen molar-refractivity contribution in [2.45, 2.75) is 18.5 Å². The average Bonchev–Trinajstić information content (AvgIpc) is 3.87. The molecule has 0 amide bonds. The number of nitro benzene ring substituents is 3. The third-order valence-corrected chi connectivity index (χ3v) is 8.37. The van der Waals surface area contributed by atoms with Crippen molar-refractivity contribution in [2.75, 3.05) is 0 Å². The van der Waals surface area contributed by atoms with Crippen LogP contribution in [-0.4, -0.2) is 41.1 Å². The average molecular weight is 824 g/mol. The molecule has 0 atom stereocenters. The van der Waals surface area contributed by atoms with Gasteiger partial charge in [-0.05, 0) is 47.5 Å². The molecule has 57 heavy (non-hydrogen) atoms. The minimum absolute atomic E-state index is 0. The van der Waals surface area contributed by atoms with Gasteiger partial charge in [0.2, 0.25) is 5.69 Å². The molecular formula is C30H21BF9N9NaO7+3. The molecule has 0 fully saturated rings. The minimum Gasteiger partial charge on any atom is -0.412 e. The number of nitro groups is 3. The van der Waals surface area contributed by atoms with Gasteiger partial charge in [-0.3, -0.25) is 44.1 Å². The third kappa shape index (κ3) is 8.82. The molecule has 3 heterocycles. The van der Waals surface area contributed by atoms with E-state index in [4.69, 9.17) is 0 Å². The molecule has 0 unspecified atom stereocenters. The van der Waals surface area contributed by atoms with E-state index in [2.05, 4.69) is 5.10 Å². The Kier molecular flexibility index (Phi) is 12.1. The van der Waals surface area contributed by atoms with Crippen molar-refractivity contribution in [3.8, 4) is 33.8 Å². The normalized spacial score (nSPS) is 11.9. The Morgan fingerprint density at radius 2 is 0.825 bits per heavy atom. The summed E-state index contributed by atoms with van der Waals surface area (Å²) >= 11 is 0. The Labute approximate surface area is 332 Å². The zero-order chi connectivity index (χ0) is 40.2. The molecule has 0 spiro atoms. The van der Waals surface area contributed by atoms with Gasteiger partial charge in [-0.25, -0.2) is 0 Å². The van der Waals surface area contributed by atoms with Crippen molar-refractivity contribution in [1.82, 2.24) is 13.8 Å². The maximum Gasteiger partial charge on any atom is 1.00 e. The van der Waals surface area contributed by atoms with Crippen LogP contribution in [0.1, 0.15) is 17.1 Å². The summed E-state index contributed by atoms with van der Waals surface area (Å²) < 4.78 is 132. The van der Waals surface area contributed by atoms with Gasteiger partial charge in [0.05, 0.1) is 26.2 Å². The molecule has 292 valence electrons. The molecule has 27 heteroatoms. The Morgan fingerprint density at radius 3 is 1.12 bits per heavy atom. The van der Waals surface area contributed by atoms with Crippen LogP contribution in [0.2, 0.25) is 0 Å². The van der Waals surface area contributed by atoms with Crippen LogP contribution in [0.25, 0.3) is 33.8 Å². The van der Waals surface area contributed by atoms with Gasteiger partial charge in [-0.1, -0.05) is 0 Å². The number of alkyl halides is 9. The van der Waals surface area contributed by atoms with Crippen molar-refractivity contribution in [3.05, 3.63) is 138 Å². The molecule has 6 aromatic rings. The fraction of sp³-hybridized carbons (Fsp3) is 0.100. The van der Waals surface area contributed by atoms with Crippen molar-refractivity contribution >= 4 is 24.2 Å². The molecule has 0 saturated carbocycles. The zero-order valence-electron chi connectivity index (χ0n) is 28.4. The molecule has 16 nitrogen and oxygen atoms in total. The molecule has 0 aliphatic rings. The molecule has 0 saturated heterocycles. The predicted octanol–water partition coefficient (Wildman–Crippen LogP) is 2.16. The maximum absolute atomic E-state index is 15.0. The van der Waals surface area contributed by atoms with E-state index < -0.39 is 91.6 Å². The predicted molar refractivity (Wildman–Crippen MR) is 171 cm³/mol. The van der Waals surface area contributed by atoms with Gasteiger partial charge in [0.25, 0.3) is 17.1 Å². The SMILES string of the molecule is O.O=[N+]([O-])c1ccc(-c2cc(C(F)(F)F)n([BH-](n3[nH+]c(C(F)(F)F)cc3-c3ccc([N+](=O)[O-])cc3)n3[nH+]c(C(F)(F)F)cc3-c3ccc([N+](=O)[O-])cc3)[nH+]2)cc1.[Na+]. The molecule has 0 radical (unpaired) electrons. The fourth-order valence-electron chi connectivity index (χ4n) is 5.87. The smallest absolute Gasteiger partial charge is 0.412 e. The van der Waals surface area contributed by atoms with Crippen LogP contribution in [0.15, 0.2) is 91.0 Å². The van der Waals surface area contributed by atoms with Gasteiger partial charge in [-0.2, -0.15) is 54.8 Å². The van der Waals surface area contributed by atoms with E-state index >= 15 is 0 Å². The first-order chi connectivity index (χ1) is 25.6. The van der Waals surface area contributed by atoms with Crippen LogP contribution >= 0.6 is 0 Å². The first-order valence-electron chi connectivity index (χ1n) is 15.2. The number of non-ortho nitro benzene ring substituents is 3. The van der Waals surface area contributed by atoms with E-state index in [-0.39, 0.29) is 56.3 Å². The molecule has 6 rings (SSSR count). The number of aromatic amines is 3. The molecule has 3 aromatic heterocycles. The van der Waals surface area contributed by atoms with Crippen LogP contribution in [0.4, 0.5) is 56.6 Å². The summed E-state index contributed by atoms with van der Waals surface area (Å²) in [5.41, 5.74) is -8.57. The van der Waals surface area contributed by atoms with Gasteiger partial charge >= 0.3 is 66.6 Å². The Hall–Kier alpha value is -6.12. The monoisotopic (exact) mass is 824 g/mol. The summed E-state index contributed by atoms with van der Waals surface area (Å²) in [5, 5.41) is 40.1. The fourth-order valence-corrected chi connectivity index (χ4v) is 5.87. The van der Waals surface area contributed by atoms with Gasteiger partial charge in [0.1, 0.15) is 5.69 Å². The Bertz CT molecular complexity index is 2340.